The number of nitrogens with zero attached hydrogens (tertiary/aromatic N) is 2. The van der Waals surface area contributed by atoms with Crippen molar-refractivity contribution in [2.75, 3.05) is 0 Å². The van der Waals surface area contributed by atoms with Gasteiger partial charge < -0.3 is 0 Å². The van der Waals surface area contributed by atoms with E-state index in [1.165, 1.54) is 11.8 Å². The van der Waals surface area contributed by atoms with Crippen LogP contribution in [-0.4, -0.2) is 21.0 Å². The highest BCUT2D eigenvalue weighted by atomic mass is 32.2. The molecule has 0 atom stereocenters. The number of aromatic nitrogens is 3. The van der Waals surface area contributed by atoms with E-state index in [2.05, 4.69) is 15.2 Å². The third-order valence-electron chi connectivity index (χ3n) is 3.43. The zero-order valence-electron chi connectivity index (χ0n) is 13.5. The molecule has 6 heteroatoms. The number of hydrogen-bond donors (Lipinski definition) is 1. The lowest BCUT2D eigenvalue weighted by molar-refractivity contribution is 0.104. The summed E-state index contributed by atoms with van der Waals surface area (Å²) < 4.78 is 0. The summed E-state index contributed by atoms with van der Waals surface area (Å²) in [6, 6.07) is 18.5. The first kappa shape index (κ1) is 16.9. The van der Waals surface area contributed by atoms with Crippen LogP contribution in [0.2, 0.25) is 0 Å². The number of thioether (sulfide) groups is 1. The van der Waals surface area contributed by atoms with Crippen LogP contribution in [0.5, 0.6) is 0 Å². The molecule has 25 heavy (non-hydrogen) atoms. The first-order valence-corrected chi connectivity index (χ1v) is 8.43. The molecule has 1 aromatic heterocycles. The van der Waals surface area contributed by atoms with E-state index < -0.39 is 0 Å². The van der Waals surface area contributed by atoms with Crippen molar-refractivity contribution in [1.29, 1.82) is 0 Å². The molecule has 1 N–H and O–H groups in total. The predicted molar refractivity (Wildman–Crippen MR) is 98.4 cm³/mol. The van der Waals surface area contributed by atoms with Gasteiger partial charge in [-0.1, -0.05) is 60.7 Å². The Labute approximate surface area is 148 Å². The monoisotopic (exact) mass is 349 g/mol. The molecule has 0 fully saturated rings. The van der Waals surface area contributed by atoms with Crippen LogP contribution in [0.4, 0.5) is 0 Å². The minimum atomic E-state index is -0.292. The van der Waals surface area contributed by atoms with Crippen molar-refractivity contribution in [2.45, 2.75) is 12.1 Å². The maximum absolute atomic E-state index is 12.5. The molecule has 0 aliphatic carbocycles. The third kappa shape index (κ3) is 4.30. The Balaban J connectivity index is 1.98. The van der Waals surface area contributed by atoms with E-state index >= 15 is 0 Å². The molecular formula is C19H15N3O2S. The number of benzene rings is 2. The largest absolute Gasteiger partial charge is 0.298 e. The van der Waals surface area contributed by atoms with Crippen LogP contribution in [0.15, 0.2) is 76.7 Å². The maximum atomic E-state index is 12.5. The molecule has 0 aliphatic rings. The van der Waals surface area contributed by atoms with E-state index in [1.807, 2.05) is 48.5 Å². The molecule has 3 rings (SSSR count). The molecule has 0 spiro atoms. The Morgan fingerprint density at radius 3 is 2.16 bits per heavy atom. The number of allylic oxidation sites excluding steroid dienone is 1. The van der Waals surface area contributed by atoms with Crippen molar-refractivity contribution < 1.29 is 4.79 Å². The summed E-state index contributed by atoms with van der Waals surface area (Å²) in [7, 11) is 0. The number of nitrogens with one attached hydrogen (secondary N) is 1. The Bertz CT molecular complexity index is 967. The Morgan fingerprint density at radius 1 is 0.960 bits per heavy atom. The topological polar surface area (TPSA) is 75.7 Å². The molecule has 0 saturated carbocycles. The van der Waals surface area contributed by atoms with Crippen molar-refractivity contribution in [3.63, 3.8) is 0 Å². The minimum Gasteiger partial charge on any atom is -0.298 e. The molecule has 2 aromatic carbocycles. The van der Waals surface area contributed by atoms with Crippen molar-refractivity contribution in [1.82, 2.24) is 15.2 Å². The molecule has 5 nitrogen and oxygen atoms in total. The second-order valence-corrected chi connectivity index (χ2v) is 6.28. The van der Waals surface area contributed by atoms with Gasteiger partial charge in [0.1, 0.15) is 5.69 Å². The molecular weight excluding hydrogens is 334 g/mol. The van der Waals surface area contributed by atoms with Crippen LogP contribution in [-0.2, 0) is 0 Å². The lowest BCUT2D eigenvalue weighted by atomic mass is 10.1. The fraction of sp³-hybridized carbons (Fsp3) is 0.0526. The highest BCUT2D eigenvalue weighted by Gasteiger charge is 2.11. The second-order valence-electron chi connectivity index (χ2n) is 5.25. The maximum Gasteiger partial charge on any atom is 0.273 e. The molecule has 0 aliphatic heterocycles. The summed E-state index contributed by atoms with van der Waals surface area (Å²) in [6.07, 6.45) is 1.55. The number of rotatable bonds is 5. The van der Waals surface area contributed by atoms with Crippen molar-refractivity contribution in [2.24, 2.45) is 0 Å². The van der Waals surface area contributed by atoms with Crippen LogP contribution < -0.4 is 5.56 Å². The Hall–Kier alpha value is -2.99. The zero-order chi connectivity index (χ0) is 17.6. The van der Waals surface area contributed by atoms with Crippen molar-refractivity contribution >= 4 is 22.5 Å². The molecule has 0 saturated heterocycles. The molecule has 3 aromatic rings. The van der Waals surface area contributed by atoms with Gasteiger partial charge in [-0.25, -0.2) is 0 Å². The molecule has 0 amide bonds. The van der Waals surface area contributed by atoms with Gasteiger partial charge in [-0.15, -0.1) is 10.2 Å². The van der Waals surface area contributed by atoms with Crippen LogP contribution in [0, 0.1) is 6.92 Å². The zero-order valence-corrected chi connectivity index (χ0v) is 14.3. The van der Waals surface area contributed by atoms with Crippen LogP contribution >= 0.6 is 11.8 Å². The van der Waals surface area contributed by atoms with E-state index in [-0.39, 0.29) is 11.3 Å². The minimum absolute atomic E-state index is 0.116. The van der Waals surface area contributed by atoms with Gasteiger partial charge in [-0.2, -0.15) is 0 Å². The fourth-order valence-corrected chi connectivity index (χ4v) is 2.96. The highest BCUT2D eigenvalue weighted by Crippen LogP contribution is 2.31. The van der Waals surface area contributed by atoms with Gasteiger partial charge in [0.25, 0.3) is 5.56 Å². The number of carbonyl (C=O) groups is 1. The molecule has 0 radical (unpaired) electrons. The summed E-state index contributed by atoms with van der Waals surface area (Å²) in [5.74, 6) is -0.116. The van der Waals surface area contributed by atoms with Gasteiger partial charge in [0.15, 0.2) is 10.9 Å². The van der Waals surface area contributed by atoms with E-state index in [0.717, 1.165) is 5.56 Å². The number of H-pyrrole nitrogens is 1. The second kappa shape index (κ2) is 7.72. The van der Waals surface area contributed by atoms with E-state index in [0.29, 0.717) is 21.3 Å². The molecule has 0 unspecified atom stereocenters. The van der Waals surface area contributed by atoms with Gasteiger partial charge >= 0.3 is 0 Å². The smallest absolute Gasteiger partial charge is 0.273 e. The lowest BCUT2D eigenvalue weighted by Gasteiger charge is -2.07. The van der Waals surface area contributed by atoms with Crippen molar-refractivity contribution in [3.05, 3.63) is 93.9 Å². The summed E-state index contributed by atoms with van der Waals surface area (Å²) in [5, 5.41) is 8.17. The van der Waals surface area contributed by atoms with Crippen LogP contribution in [0.25, 0.3) is 4.91 Å². The first-order chi connectivity index (χ1) is 12.1. The predicted octanol–water partition coefficient (Wildman–Crippen LogP) is 3.49. The Kier molecular flexibility index (Phi) is 5.20. The van der Waals surface area contributed by atoms with Crippen LogP contribution in [0.1, 0.15) is 21.6 Å². The number of hydrogen-bond acceptors (Lipinski definition) is 5. The summed E-state index contributed by atoms with van der Waals surface area (Å²) >= 11 is 1.20. The van der Waals surface area contributed by atoms with E-state index in [4.69, 9.17) is 0 Å². The van der Waals surface area contributed by atoms with Gasteiger partial charge in [0, 0.05) is 16.5 Å². The van der Waals surface area contributed by atoms with E-state index in [9.17, 15) is 9.59 Å². The number of aryl methyl sites for hydroxylation is 1. The quantitative estimate of drug-likeness (QED) is 0.433. The van der Waals surface area contributed by atoms with Crippen molar-refractivity contribution in [3.8, 4) is 0 Å². The standard InChI is InChI=1S/C19H15N3O2S/c1-13-18(24)20-19(22-21-13)25-17(15-10-6-3-7-11-15)12-16(23)14-8-4-2-5-9-14/h2-12H,1H3,(H,20,22,24). The molecule has 0 bridgehead atoms. The summed E-state index contributed by atoms with van der Waals surface area (Å²) in [5.41, 5.74) is 1.47. The van der Waals surface area contributed by atoms with E-state index in [1.54, 1.807) is 25.1 Å². The SMILES string of the molecule is Cc1nnc(SC(=CC(=O)c2ccccc2)c2ccccc2)[nH]c1=O. The third-order valence-corrected chi connectivity index (χ3v) is 4.38. The molecule has 124 valence electrons. The first-order valence-electron chi connectivity index (χ1n) is 7.61. The summed E-state index contributed by atoms with van der Waals surface area (Å²) in [4.78, 5) is 27.6. The lowest BCUT2D eigenvalue weighted by Crippen LogP contribution is -2.14. The Morgan fingerprint density at radius 2 is 1.56 bits per heavy atom. The number of carbonyl (C=O) groups excluding carboxylic acids is 1. The highest BCUT2D eigenvalue weighted by molar-refractivity contribution is 8.08. The summed E-state index contributed by atoms with van der Waals surface area (Å²) in [6.45, 7) is 1.59. The van der Waals surface area contributed by atoms with Gasteiger partial charge in [0.05, 0.1) is 0 Å². The molecule has 1 heterocycles. The fourth-order valence-electron chi connectivity index (χ4n) is 2.11. The average molecular weight is 349 g/mol. The number of ketones is 1. The average Bonchev–Trinajstić information content (AvgIpc) is 2.65. The normalized spacial score (nSPS) is 11.3. The van der Waals surface area contributed by atoms with Gasteiger partial charge in [-0.05, 0) is 24.2 Å². The van der Waals surface area contributed by atoms with Crippen LogP contribution in [0.3, 0.4) is 0 Å². The number of aromatic amines is 1. The van der Waals surface area contributed by atoms with Gasteiger partial charge in [0.2, 0.25) is 0 Å². The van der Waals surface area contributed by atoms with Gasteiger partial charge in [-0.3, -0.25) is 14.6 Å².